The highest BCUT2D eigenvalue weighted by Crippen LogP contribution is 2.44. The van der Waals surface area contributed by atoms with Crippen LogP contribution in [0.25, 0.3) is 22.3 Å². The monoisotopic (exact) mass is 402 g/mol. The summed E-state index contributed by atoms with van der Waals surface area (Å²) < 4.78 is 38.3. The molecule has 0 N–H and O–H groups in total. The predicted octanol–water partition coefficient (Wildman–Crippen LogP) is 3.51. The van der Waals surface area contributed by atoms with E-state index in [-0.39, 0.29) is 22.1 Å². The largest absolute Gasteiger partial charge is 0.493 e. The van der Waals surface area contributed by atoms with Crippen molar-refractivity contribution >= 4 is 11.0 Å². The van der Waals surface area contributed by atoms with E-state index in [1.54, 1.807) is 18.2 Å². The van der Waals surface area contributed by atoms with Gasteiger partial charge in [-0.3, -0.25) is 4.79 Å². The minimum absolute atomic E-state index is 0.222. The molecule has 0 aliphatic heterocycles. The number of rotatable bonds is 7. The number of benzene rings is 2. The summed E-state index contributed by atoms with van der Waals surface area (Å²) >= 11 is 0. The van der Waals surface area contributed by atoms with Crippen LogP contribution in [0.4, 0.5) is 0 Å². The van der Waals surface area contributed by atoms with Gasteiger partial charge < -0.3 is 32.8 Å². The molecule has 0 fully saturated rings. The molecule has 1 aromatic heterocycles. The van der Waals surface area contributed by atoms with Gasteiger partial charge in [0.1, 0.15) is 11.1 Å². The lowest BCUT2D eigenvalue weighted by molar-refractivity contribution is 0.324. The molecule has 0 saturated carbocycles. The molecular weight excluding hydrogens is 380 g/mol. The fourth-order valence-corrected chi connectivity index (χ4v) is 3.13. The maximum Gasteiger partial charge on any atom is 0.203 e. The van der Waals surface area contributed by atoms with Gasteiger partial charge in [0, 0.05) is 17.7 Å². The van der Waals surface area contributed by atoms with E-state index in [0.29, 0.717) is 40.1 Å². The van der Waals surface area contributed by atoms with E-state index in [1.165, 1.54) is 48.7 Å². The second-order valence-electron chi connectivity index (χ2n) is 5.91. The zero-order valence-corrected chi connectivity index (χ0v) is 17.1. The van der Waals surface area contributed by atoms with Crippen LogP contribution in [-0.2, 0) is 0 Å². The quantitative estimate of drug-likeness (QED) is 0.594. The molecule has 0 aliphatic carbocycles. The molecule has 0 spiro atoms. The van der Waals surface area contributed by atoms with Gasteiger partial charge in [-0.25, -0.2) is 0 Å². The molecule has 3 rings (SSSR count). The fourth-order valence-electron chi connectivity index (χ4n) is 3.13. The van der Waals surface area contributed by atoms with E-state index in [4.69, 9.17) is 32.8 Å². The van der Waals surface area contributed by atoms with Crippen molar-refractivity contribution in [2.45, 2.75) is 0 Å². The van der Waals surface area contributed by atoms with Crippen molar-refractivity contribution in [3.8, 4) is 45.8 Å². The second-order valence-corrected chi connectivity index (χ2v) is 5.91. The molecular formula is C21H22O8. The van der Waals surface area contributed by atoms with E-state index in [1.807, 2.05) is 0 Å². The fraction of sp³-hybridized carbons (Fsp3) is 0.286. The first kappa shape index (κ1) is 20.2. The minimum Gasteiger partial charge on any atom is -0.493 e. The van der Waals surface area contributed by atoms with Gasteiger partial charge in [-0.2, -0.15) is 0 Å². The van der Waals surface area contributed by atoms with E-state index in [9.17, 15) is 4.79 Å². The summed E-state index contributed by atoms with van der Waals surface area (Å²) in [6, 6.07) is 6.35. The van der Waals surface area contributed by atoms with Crippen molar-refractivity contribution in [1.82, 2.24) is 0 Å². The van der Waals surface area contributed by atoms with Crippen molar-refractivity contribution in [2.24, 2.45) is 0 Å². The molecule has 3 aromatic rings. The lowest BCUT2D eigenvalue weighted by Gasteiger charge is -2.15. The van der Waals surface area contributed by atoms with E-state index < -0.39 is 0 Å². The van der Waals surface area contributed by atoms with Crippen LogP contribution in [0.15, 0.2) is 33.5 Å². The van der Waals surface area contributed by atoms with Gasteiger partial charge in [0.15, 0.2) is 39.8 Å². The third-order valence-electron chi connectivity index (χ3n) is 4.48. The highest BCUT2D eigenvalue weighted by Gasteiger charge is 2.22. The third-order valence-corrected chi connectivity index (χ3v) is 4.48. The first-order valence-electron chi connectivity index (χ1n) is 8.60. The lowest BCUT2D eigenvalue weighted by atomic mass is 10.1. The molecule has 0 aliphatic rings. The Bertz CT molecular complexity index is 1080. The molecule has 2 aromatic carbocycles. The van der Waals surface area contributed by atoms with Crippen LogP contribution in [0.2, 0.25) is 0 Å². The van der Waals surface area contributed by atoms with Crippen LogP contribution < -0.4 is 33.8 Å². The Kier molecular flexibility index (Phi) is 5.72. The Balaban J connectivity index is 2.34. The molecule has 8 heteroatoms. The van der Waals surface area contributed by atoms with Gasteiger partial charge >= 0.3 is 0 Å². The van der Waals surface area contributed by atoms with Gasteiger partial charge in [0.05, 0.1) is 42.7 Å². The summed E-state index contributed by atoms with van der Waals surface area (Å²) in [5.41, 5.74) is 0.487. The molecule has 0 radical (unpaired) electrons. The van der Waals surface area contributed by atoms with E-state index >= 15 is 0 Å². The summed E-state index contributed by atoms with van der Waals surface area (Å²) in [5.74, 6) is 2.58. The Morgan fingerprint density at radius 1 is 0.621 bits per heavy atom. The third kappa shape index (κ3) is 3.37. The van der Waals surface area contributed by atoms with Crippen LogP contribution in [0.3, 0.4) is 0 Å². The van der Waals surface area contributed by atoms with Gasteiger partial charge in [-0.1, -0.05) is 0 Å². The Morgan fingerprint density at radius 3 is 1.62 bits per heavy atom. The van der Waals surface area contributed by atoms with Crippen LogP contribution in [0.5, 0.6) is 34.5 Å². The van der Waals surface area contributed by atoms with Crippen molar-refractivity contribution < 1.29 is 32.8 Å². The molecule has 0 unspecified atom stereocenters. The molecule has 29 heavy (non-hydrogen) atoms. The normalized spacial score (nSPS) is 10.6. The number of hydrogen-bond donors (Lipinski definition) is 0. The van der Waals surface area contributed by atoms with Gasteiger partial charge in [-0.15, -0.1) is 0 Å². The average molecular weight is 402 g/mol. The zero-order valence-electron chi connectivity index (χ0n) is 17.1. The molecule has 0 bridgehead atoms. The van der Waals surface area contributed by atoms with Crippen molar-refractivity contribution in [1.29, 1.82) is 0 Å². The summed E-state index contributed by atoms with van der Waals surface area (Å²) in [4.78, 5) is 13.0. The molecule has 0 amide bonds. The number of methoxy groups -OCH3 is 6. The summed E-state index contributed by atoms with van der Waals surface area (Å²) in [5, 5.41) is 0.222. The minimum atomic E-state index is -0.316. The van der Waals surface area contributed by atoms with Crippen LogP contribution in [-0.4, -0.2) is 42.7 Å². The number of fused-ring (bicyclic) bond motifs is 1. The predicted molar refractivity (Wildman–Crippen MR) is 107 cm³/mol. The summed E-state index contributed by atoms with van der Waals surface area (Å²) in [6.07, 6.45) is 0. The van der Waals surface area contributed by atoms with Crippen LogP contribution in [0, 0.1) is 0 Å². The van der Waals surface area contributed by atoms with E-state index in [0.717, 1.165) is 0 Å². The standard InChI is InChI=1S/C21H22O8/c1-23-14-7-11(8-15(24-2)19(14)27-5)13-9-12(22)18-20(28-6)16(25-3)10-17(26-4)21(18)29-13/h7-10H,1-6H3. The van der Waals surface area contributed by atoms with Crippen molar-refractivity contribution in [3.63, 3.8) is 0 Å². The first-order valence-corrected chi connectivity index (χ1v) is 8.60. The molecule has 0 atom stereocenters. The van der Waals surface area contributed by atoms with E-state index in [2.05, 4.69) is 0 Å². The molecule has 0 saturated heterocycles. The number of hydrogen-bond acceptors (Lipinski definition) is 8. The topological polar surface area (TPSA) is 85.6 Å². The molecule has 154 valence electrons. The summed E-state index contributed by atoms with van der Waals surface area (Å²) in [7, 11) is 8.95. The Hall–Kier alpha value is -3.55. The molecule has 1 heterocycles. The van der Waals surface area contributed by atoms with Gasteiger partial charge in [0.2, 0.25) is 5.75 Å². The maximum atomic E-state index is 13.0. The average Bonchev–Trinajstić information content (AvgIpc) is 2.76. The van der Waals surface area contributed by atoms with Crippen molar-refractivity contribution in [3.05, 3.63) is 34.5 Å². The van der Waals surface area contributed by atoms with Gasteiger partial charge in [0.25, 0.3) is 0 Å². The highest BCUT2D eigenvalue weighted by atomic mass is 16.5. The van der Waals surface area contributed by atoms with Crippen LogP contribution in [0.1, 0.15) is 0 Å². The van der Waals surface area contributed by atoms with Gasteiger partial charge in [-0.05, 0) is 12.1 Å². The Labute approximate surface area is 167 Å². The molecule has 8 nitrogen and oxygen atoms in total. The maximum absolute atomic E-state index is 13.0. The number of ether oxygens (including phenoxy) is 6. The first-order chi connectivity index (χ1) is 14.0. The smallest absolute Gasteiger partial charge is 0.203 e. The second kappa shape index (κ2) is 8.22. The lowest BCUT2D eigenvalue weighted by Crippen LogP contribution is -2.05. The Morgan fingerprint density at radius 2 is 1.14 bits per heavy atom. The van der Waals surface area contributed by atoms with Crippen LogP contribution >= 0.6 is 0 Å². The van der Waals surface area contributed by atoms with Crippen molar-refractivity contribution in [2.75, 3.05) is 42.7 Å². The highest BCUT2D eigenvalue weighted by molar-refractivity contribution is 5.92. The SMILES string of the molecule is COc1cc(-c2cc(=O)c3c(OC)c(OC)cc(OC)c3o2)cc(OC)c1OC. The summed E-state index contributed by atoms with van der Waals surface area (Å²) in [6.45, 7) is 0. The zero-order chi connectivity index (χ0) is 21.1.